The van der Waals surface area contributed by atoms with Crippen LogP contribution < -0.4 is 0 Å². The highest BCUT2D eigenvalue weighted by Gasteiger charge is 2.09. The Hall–Kier alpha value is -0.610. The highest BCUT2D eigenvalue weighted by Crippen LogP contribution is 2.13. The van der Waals surface area contributed by atoms with Crippen molar-refractivity contribution in [3.63, 3.8) is 0 Å². The highest BCUT2D eigenvalue weighted by atomic mass is 16.6. The minimum absolute atomic E-state index is 0.152. The molecule has 0 aromatic carbocycles. The summed E-state index contributed by atoms with van der Waals surface area (Å²) in [5, 5.41) is 11.7. The normalized spacial score (nSPS) is 13.5. The first-order valence-electron chi connectivity index (χ1n) is 11.7. The molecule has 0 radical (unpaired) electrons. The maximum Gasteiger partial charge on any atom is 0.305 e. The number of hydrogen-bond donors (Lipinski definition) is 0. The fourth-order valence-electron chi connectivity index (χ4n) is 3.22. The number of unbranched alkanes of at least 4 members (excludes halogenated alkanes) is 14. The number of carbonyl (C=O) groups is 1. The molecule has 0 aliphatic carbocycles. The van der Waals surface area contributed by atoms with Gasteiger partial charge in [0.2, 0.25) is 0 Å². The number of carbonyl (C=O) groups excluding carboxylic acids is 1. The Bertz CT molecular complexity index is 332. The van der Waals surface area contributed by atoms with Crippen molar-refractivity contribution in [3.8, 4) is 0 Å². The summed E-state index contributed by atoms with van der Waals surface area (Å²) < 4.78 is 4.80. The lowest BCUT2D eigenvalue weighted by molar-refractivity contribution is -0.859. The molecule has 1 atom stereocenters. The van der Waals surface area contributed by atoms with Gasteiger partial charge in [-0.05, 0) is 13.3 Å². The monoisotopic (exact) mass is 385 g/mol. The maximum atomic E-state index is 11.7. The number of quaternary nitrogens is 1. The van der Waals surface area contributed by atoms with E-state index in [0.717, 1.165) is 12.8 Å². The molecule has 0 saturated carbocycles. The molecule has 0 spiro atoms. The molecule has 162 valence electrons. The Labute approximate surface area is 169 Å². The van der Waals surface area contributed by atoms with Crippen LogP contribution in [0.4, 0.5) is 0 Å². The third-order valence-corrected chi connectivity index (χ3v) is 5.48. The van der Waals surface area contributed by atoms with Crippen LogP contribution in [-0.4, -0.2) is 37.4 Å². The van der Waals surface area contributed by atoms with Crippen molar-refractivity contribution < 1.29 is 14.2 Å². The van der Waals surface area contributed by atoms with Gasteiger partial charge in [-0.15, -0.1) is 0 Å². The predicted molar refractivity (Wildman–Crippen MR) is 115 cm³/mol. The van der Waals surface area contributed by atoms with Gasteiger partial charge in [-0.3, -0.25) is 4.79 Å². The molecule has 4 nitrogen and oxygen atoms in total. The van der Waals surface area contributed by atoms with Crippen LogP contribution in [-0.2, 0) is 9.53 Å². The Morgan fingerprint density at radius 2 is 1.15 bits per heavy atom. The summed E-state index contributed by atoms with van der Waals surface area (Å²) in [6.45, 7) is 5.22. The molecule has 0 N–H and O–H groups in total. The first-order valence-corrected chi connectivity index (χ1v) is 11.7. The Balaban J connectivity index is 3.21. The molecule has 0 aromatic rings. The van der Waals surface area contributed by atoms with Gasteiger partial charge < -0.3 is 14.6 Å². The molecule has 0 aliphatic heterocycles. The Kier molecular flexibility index (Phi) is 18.3. The van der Waals surface area contributed by atoms with E-state index in [9.17, 15) is 10.0 Å². The maximum absolute atomic E-state index is 11.7. The third kappa shape index (κ3) is 19.9. The second kappa shape index (κ2) is 18.7. The van der Waals surface area contributed by atoms with E-state index in [0.29, 0.717) is 19.5 Å². The standard InChI is InChI=1S/C23H47NO3/c1-4-6-7-8-9-10-11-12-13-14-15-16-17-18-19-20-23(25)27-22-21-24(3,26)5-2/h4-22H2,1-3H3. The van der Waals surface area contributed by atoms with Gasteiger partial charge in [0.15, 0.2) is 0 Å². The van der Waals surface area contributed by atoms with Gasteiger partial charge in [0.1, 0.15) is 13.2 Å². The van der Waals surface area contributed by atoms with E-state index in [1.807, 2.05) is 6.92 Å². The summed E-state index contributed by atoms with van der Waals surface area (Å²) in [5.41, 5.74) is 0. The van der Waals surface area contributed by atoms with E-state index in [-0.39, 0.29) is 17.2 Å². The number of rotatable bonds is 20. The van der Waals surface area contributed by atoms with Crippen LogP contribution in [0.3, 0.4) is 0 Å². The van der Waals surface area contributed by atoms with Crippen molar-refractivity contribution in [1.29, 1.82) is 0 Å². The second-order valence-corrected chi connectivity index (χ2v) is 8.26. The van der Waals surface area contributed by atoms with Gasteiger partial charge in [0.05, 0.1) is 13.6 Å². The minimum Gasteiger partial charge on any atom is -0.633 e. The molecule has 27 heavy (non-hydrogen) atoms. The topological polar surface area (TPSA) is 49.4 Å². The summed E-state index contributed by atoms with van der Waals surface area (Å²) in [5.74, 6) is -0.152. The summed E-state index contributed by atoms with van der Waals surface area (Å²) in [7, 11) is 1.61. The van der Waals surface area contributed by atoms with E-state index in [2.05, 4.69) is 6.92 Å². The largest absolute Gasteiger partial charge is 0.633 e. The number of hydrogen-bond acceptors (Lipinski definition) is 3. The first kappa shape index (κ1) is 26.4. The van der Waals surface area contributed by atoms with Crippen molar-refractivity contribution in [1.82, 2.24) is 0 Å². The second-order valence-electron chi connectivity index (χ2n) is 8.26. The van der Waals surface area contributed by atoms with E-state index in [4.69, 9.17) is 4.74 Å². The van der Waals surface area contributed by atoms with E-state index in [1.54, 1.807) is 7.05 Å². The molecule has 0 heterocycles. The van der Waals surface area contributed by atoms with Crippen molar-refractivity contribution in [3.05, 3.63) is 5.21 Å². The quantitative estimate of drug-likeness (QED) is 0.101. The van der Waals surface area contributed by atoms with Crippen LogP contribution in [0.15, 0.2) is 0 Å². The van der Waals surface area contributed by atoms with Gasteiger partial charge in [0, 0.05) is 6.42 Å². The van der Waals surface area contributed by atoms with Crippen molar-refractivity contribution >= 4 is 5.97 Å². The lowest BCUT2D eigenvalue weighted by atomic mass is 10.0. The molecule has 0 saturated heterocycles. The number of likely N-dealkylation sites (N-methyl/N-ethyl adjacent to an activating group) is 1. The SMILES string of the molecule is CCCCCCCCCCCCCCCCCC(=O)OCC[N+](C)([O-])CC. The molecule has 0 aliphatic rings. The fraction of sp³-hybridized carbons (Fsp3) is 0.957. The number of ether oxygens (including phenoxy) is 1. The molecule has 4 heteroatoms. The summed E-state index contributed by atoms with van der Waals surface area (Å²) in [6.07, 6.45) is 20.4. The van der Waals surface area contributed by atoms with Crippen LogP contribution >= 0.6 is 0 Å². The van der Waals surface area contributed by atoms with Gasteiger partial charge in [-0.25, -0.2) is 0 Å². The average molecular weight is 386 g/mol. The molecular formula is C23H47NO3. The molecule has 0 fully saturated rings. The first-order chi connectivity index (χ1) is 13.0. The average Bonchev–Trinajstić information content (AvgIpc) is 2.64. The minimum atomic E-state index is -0.341. The van der Waals surface area contributed by atoms with Crippen molar-refractivity contribution in [2.24, 2.45) is 0 Å². The van der Waals surface area contributed by atoms with Crippen LogP contribution in [0.2, 0.25) is 0 Å². The van der Waals surface area contributed by atoms with Gasteiger partial charge in [0.25, 0.3) is 0 Å². The smallest absolute Gasteiger partial charge is 0.305 e. The molecule has 1 unspecified atom stereocenters. The zero-order valence-electron chi connectivity index (χ0n) is 18.6. The molecule has 0 rings (SSSR count). The summed E-state index contributed by atoms with van der Waals surface area (Å²) in [4.78, 5) is 11.6. The van der Waals surface area contributed by atoms with Gasteiger partial charge in [-0.2, -0.15) is 0 Å². The van der Waals surface area contributed by atoms with E-state index < -0.39 is 0 Å². The molecule has 0 amide bonds. The van der Waals surface area contributed by atoms with Crippen LogP contribution in [0.25, 0.3) is 0 Å². The lowest BCUT2D eigenvalue weighted by Crippen LogP contribution is -2.40. The Morgan fingerprint density at radius 3 is 1.56 bits per heavy atom. The Morgan fingerprint density at radius 1 is 0.741 bits per heavy atom. The van der Waals surface area contributed by atoms with Gasteiger partial charge >= 0.3 is 5.97 Å². The highest BCUT2D eigenvalue weighted by molar-refractivity contribution is 5.69. The van der Waals surface area contributed by atoms with E-state index >= 15 is 0 Å². The van der Waals surface area contributed by atoms with Crippen LogP contribution in [0, 0.1) is 5.21 Å². The number of nitrogens with zero attached hydrogens (tertiary/aromatic N) is 1. The summed E-state index contributed by atoms with van der Waals surface area (Å²) in [6, 6.07) is 0. The zero-order valence-corrected chi connectivity index (χ0v) is 18.6. The van der Waals surface area contributed by atoms with Crippen molar-refractivity contribution in [2.75, 3.05) is 26.7 Å². The zero-order chi connectivity index (χ0) is 20.2. The lowest BCUT2D eigenvalue weighted by Gasteiger charge is -2.37. The third-order valence-electron chi connectivity index (χ3n) is 5.48. The van der Waals surface area contributed by atoms with Crippen molar-refractivity contribution in [2.45, 2.75) is 117 Å². The predicted octanol–water partition coefficient (Wildman–Crippen LogP) is 6.76. The number of esters is 1. The fourth-order valence-corrected chi connectivity index (χ4v) is 3.22. The van der Waals surface area contributed by atoms with Gasteiger partial charge in [-0.1, -0.05) is 96.8 Å². The van der Waals surface area contributed by atoms with Crippen LogP contribution in [0.5, 0.6) is 0 Å². The van der Waals surface area contributed by atoms with E-state index in [1.165, 1.54) is 83.5 Å². The van der Waals surface area contributed by atoms with Crippen LogP contribution in [0.1, 0.15) is 117 Å². The molecular weight excluding hydrogens is 338 g/mol. The molecule has 0 bridgehead atoms. The number of hydroxylamine groups is 3. The summed E-state index contributed by atoms with van der Waals surface area (Å²) >= 11 is 0. The molecule has 0 aromatic heterocycles.